The highest BCUT2D eigenvalue weighted by Gasteiger charge is 2.52. The van der Waals surface area contributed by atoms with Gasteiger partial charge in [0.1, 0.15) is 0 Å². The minimum Gasteiger partial charge on any atom is -0.0830 e. The van der Waals surface area contributed by atoms with Crippen LogP contribution in [0.15, 0.2) is 218 Å². The van der Waals surface area contributed by atoms with Crippen molar-refractivity contribution in [1.29, 1.82) is 0 Å². The first-order chi connectivity index (χ1) is 32.3. The second-order valence-electron chi connectivity index (χ2n) is 18.5. The molecule has 0 nitrogen and oxygen atoms in total. The molecule has 300 valence electrons. The predicted molar refractivity (Wildman–Crippen MR) is 272 cm³/mol. The van der Waals surface area contributed by atoms with Crippen LogP contribution in [0.25, 0.3) is 105 Å². The second-order valence-corrected chi connectivity index (χ2v) is 18.5. The Morgan fingerprint density at radius 2 is 0.938 bits per heavy atom. The van der Waals surface area contributed by atoms with E-state index in [-0.39, 0.29) is 5.92 Å². The van der Waals surface area contributed by atoms with E-state index in [4.69, 9.17) is 0 Å². The van der Waals surface area contributed by atoms with Gasteiger partial charge in [0.2, 0.25) is 0 Å². The lowest BCUT2D eigenvalue weighted by Gasteiger charge is -2.31. The largest absolute Gasteiger partial charge is 0.0830 e. The standard InChI is InChI=1S/C65H40/c1-3-17-40(18-4-1)59-50-24-9-10-25-51(50)60(41-19-5-2-6-20-41)63-54-35-34-45(49-26-15-27-53(61(49)54)62(59)63)43-31-30-42-37-55-52-33-32-39-16-7-8-21-46(39)64(52)65(58(55)38-44(42)36-43)56-28-13-11-22-47(56)48-23-12-14-29-57(48)65/h1-26,28-38,53H,27H2. The summed E-state index contributed by atoms with van der Waals surface area (Å²) in [6, 6.07) is 80.5. The summed E-state index contributed by atoms with van der Waals surface area (Å²) < 4.78 is 0. The van der Waals surface area contributed by atoms with Crippen molar-refractivity contribution in [3.05, 3.63) is 257 Å². The third-order valence-corrected chi connectivity index (χ3v) is 15.5. The molecular formula is C65H40. The third kappa shape index (κ3) is 4.56. The van der Waals surface area contributed by atoms with Crippen LogP contribution in [0, 0.1) is 0 Å². The van der Waals surface area contributed by atoms with Crippen molar-refractivity contribution in [3.63, 3.8) is 0 Å². The zero-order chi connectivity index (χ0) is 42.4. The maximum Gasteiger partial charge on any atom is 0.0731 e. The Labute approximate surface area is 378 Å². The van der Waals surface area contributed by atoms with Gasteiger partial charge in [0.15, 0.2) is 0 Å². The van der Waals surface area contributed by atoms with E-state index in [1.54, 1.807) is 0 Å². The number of fused-ring (bicyclic) bond motifs is 17. The maximum absolute atomic E-state index is 2.55. The number of allylic oxidation sites excluding steroid dienone is 1. The van der Waals surface area contributed by atoms with Gasteiger partial charge in [-0.05, 0) is 163 Å². The Bertz CT molecular complexity index is 3860. The Morgan fingerprint density at radius 3 is 1.69 bits per heavy atom. The summed E-state index contributed by atoms with van der Waals surface area (Å²) in [4.78, 5) is 0. The van der Waals surface area contributed by atoms with Crippen LogP contribution in [0.2, 0.25) is 0 Å². The van der Waals surface area contributed by atoms with Crippen molar-refractivity contribution in [1.82, 2.24) is 0 Å². The molecule has 4 aliphatic carbocycles. The molecule has 15 rings (SSSR count). The van der Waals surface area contributed by atoms with Gasteiger partial charge in [-0.15, -0.1) is 0 Å². The van der Waals surface area contributed by atoms with Gasteiger partial charge < -0.3 is 0 Å². The molecular weight excluding hydrogens is 781 g/mol. The number of hydrogen-bond donors (Lipinski definition) is 0. The summed E-state index contributed by atoms with van der Waals surface area (Å²) in [6.07, 6.45) is 5.85. The van der Waals surface area contributed by atoms with Crippen LogP contribution in [-0.2, 0) is 5.41 Å². The molecule has 11 aromatic carbocycles. The van der Waals surface area contributed by atoms with Gasteiger partial charge in [0, 0.05) is 5.92 Å². The Kier molecular flexibility index (Phi) is 7.08. The zero-order valence-electron chi connectivity index (χ0n) is 35.6. The van der Waals surface area contributed by atoms with Gasteiger partial charge >= 0.3 is 0 Å². The third-order valence-electron chi connectivity index (χ3n) is 15.5. The maximum atomic E-state index is 2.55. The molecule has 1 atom stereocenters. The lowest BCUT2D eigenvalue weighted by atomic mass is 9.69. The van der Waals surface area contributed by atoms with Crippen LogP contribution >= 0.6 is 0 Å². The van der Waals surface area contributed by atoms with Gasteiger partial charge in [0.05, 0.1) is 5.41 Å². The monoisotopic (exact) mass is 820 g/mol. The fraction of sp³-hybridized carbons (Fsp3) is 0.0462. The van der Waals surface area contributed by atoms with E-state index in [0.717, 1.165) is 6.42 Å². The molecule has 0 heterocycles. The molecule has 0 amide bonds. The van der Waals surface area contributed by atoms with Crippen molar-refractivity contribution < 1.29 is 0 Å². The molecule has 0 bridgehead atoms. The molecule has 0 aliphatic heterocycles. The summed E-state index contributed by atoms with van der Waals surface area (Å²) in [5, 5.41) is 7.79. The van der Waals surface area contributed by atoms with Gasteiger partial charge in [-0.3, -0.25) is 0 Å². The van der Waals surface area contributed by atoms with Crippen LogP contribution < -0.4 is 0 Å². The second kappa shape index (κ2) is 13.0. The fourth-order valence-corrected chi connectivity index (χ4v) is 13.1. The number of benzene rings is 11. The lowest BCUT2D eigenvalue weighted by molar-refractivity contribution is 0.802. The number of hydrogen-bond acceptors (Lipinski definition) is 0. The predicted octanol–water partition coefficient (Wildman–Crippen LogP) is 17.0. The normalized spacial score (nSPS) is 15.2. The molecule has 4 aliphatic rings. The summed E-state index contributed by atoms with van der Waals surface area (Å²) in [6.45, 7) is 0. The highest BCUT2D eigenvalue weighted by Crippen LogP contribution is 2.65. The van der Waals surface area contributed by atoms with Crippen molar-refractivity contribution in [2.24, 2.45) is 0 Å². The number of rotatable bonds is 3. The highest BCUT2D eigenvalue weighted by molar-refractivity contribution is 6.16. The average molecular weight is 821 g/mol. The first-order valence-corrected chi connectivity index (χ1v) is 23.1. The fourth-order valence-electron chi connectivity index (χ4n) is 13.1. The minimum absolute atomic E-state index is 0.252. The lowest BCUT2D eigenvalue weighted by Crippen LogP contribution is -2.26. The molecule has 65 heavy (non-hydrogen) atoms. The SMILES string of the molecule is C1=Cc2c(-c3ccc4cc5c(cc4c3)C3(c4ccccc4-c4ccccc43)c3c-5ccc4ccccc34)ccc3c2C(C1)c1c-3c(-c2ccccc2)c2ccccc2c1-c1ccccc1. The van der Waals surface area contributed by atoms with Crippen molar-refractivity contribution in [2.75, 3.05) is 0 Å². The Hall–Kier alpha value is -8.06. The molecule has 0 fully saturated rings. The topological polar surface area (TPSA) is 0 Å². The first-order valence-electron chi connectivity index (χ1n) is 23.1. The molecule has 0 saturated carbocycles. The molecule has 0 radical (unpaired) electrons. The zero-order valence-corrected chi connectivity index (χ0v) is 35.6. The molecule has 11 aromatic rings. The Balaban J connectivity index is 0.971. The summed E-state index contributed by atoms with van der Waals surface area (Å²) in [5.74, 6) is 0.252. The van der Waals surface area contributed by atoms with Gasteiger partial charge in [-0.2, -0.15) is 0 Å². The van der Waals surface area contributed by atoms with E-state index in [1.165, 1.54) is 138 Å². The Morgan fingerprint density at radius 1 is 0.338 bits per heavy atom. The van der Waals surface area contributed by atoms with Gasteiger partial charge in [0.25, 0.3) is 0 Å². The minimum atomic E-state index is -0.430. The van der Waals surface area contributed by atoms with Crippen LogP contribution in [0.4, 0.5) is 0 Å². The molecule has 0 saturated heterocycles. The summed E-state index contributed by atoms with van der Waals surface area (Å²) in [7, 11) is 0. The molecule has 1 unspecified atom stereocenters. The van der Waals surface area contributed by atoms with E-state index in [9.17, 15) is 0 Å². The summed E-state index contributed by atoms with van der Waals surface area (Å²) >= 11 is 0. The van der Waals surface area contributed by atoms with E-state index in [0.29, 0.717) is 0 Å². The molecule has 0 aromatic heterocycles. The van der Waals surface area contributed by atoms with Crippen LogP contribution in [0.1, 0.15) is 51.3 Å². The van der Waals surface area contributed by atoms with Crippen molar-refractivity contribution >= 4 is 38.4 Å². The van der Waals surface area contributed by atoms with Crippen molar-refractivity contribution in [3.8, 4) is 66.8 Å². The molecule has 0 N–H and O–H groups in total. The molecule has 1 spiro atoms. The van der Waals surface area contributed by atoms with Crippen molar-refractivity contribution in [2.45, 2.75) is 17.8 Å². The molecule has 0 heteroatoms. The van der Waals surface area contributed by atoms with Crippen LogP contribution in [-0.4, -0.2) is 0 Å². The summed E-state index contributed by atoms with van der Waals surface area (Å²) in [5.41, 5.74) is 25.4. The van der Waals surface area contributed by atoms with Crippen LogP contribution in [0.3, 0.4) is 0 Å². The highest BCUT2D eigenvalue weighted by atomic mass is 14.5. The van der Waals surface area contributed by atoms with E-state index < -0.39 is 5.41 Å². The van der Waals surface area contributed by atoms with Gasteiger partial charge in [-0.1, -0.05) is 206 Å². The van der Waals surface area contributed by atoms with E-state index in [1.807, 2.05) is 0 Å². The van der Waals surface area contributed by atoms with Crippen LogP contribution in [0.5, 0.6) is 0 Å². The van der Waals surface area contributed by atoms with Gasteiger partial charge in [-0.25, -0.2) is 0 Å². The smallest absolute Gasteiger partial charge is 0.0731 e. The average Bonchev–Trinajstić information content (AvgIpc) is 3.97. The quantitative estimate of drug-likeness (QED) is 0.167. The first kappa shape index (κ1) is 35.4. The van der Waals surface area contributed by atoms with E-state index in [2.05, 4.69) is 224 Å². The van der Waals surface area contributed by atoms with E-state index >= 15 is 0 Å².